The number of hydrogen-bond acceptors (Lipinski definition) is 4. The second-order valence-corrected chi connectivity index (χ2v) is 6.15. The molecule has 20 heavy (non-hydrogen) atoms. The molecule has 8 heteroatoms. The molecule has 0 heterocycles. The summed E-state index contributed by atoms with van der Waals surface area (Å²) in [5.74, 6) is -0.532. The molecule has 0 aliphatic carbocycles. The Bertz CT molecular complexity index is 602. The molecule has 0 saturated heterocycles. The van der Waals surface area contributed by atoms with Gasteiger partial charge in [-0.25, -0.2) is 12.8 Å². The summed E-state index contributed by atoms with van der Waals surface area (Å²) in [5, 5.41) is 11.3. The van der Waals surface area contributed by atoms with Gasteiger partial charge in [0.1, 0.15) is 11.7 Å². The quantitative estimate of drug-likeness (QED) is 0.358. The number of benzene rings is 1. The van der Waals surface area contributed by atoms with Gasteiger partial charge in [0.15, 0.2) is 0 Å². The van der Waals surface area contributed by atoms with Gasteiger partial charge in [-0.15, -0.1) is 0 Å². The molecule has 0 aromatic heterocycles. The monoisotopic (exact) mass is 303 g/mol. The molecule has 0 amide bonds. The summed E-state index contributed by atoms with van der Waals surface area (Å²) in [4.78, 5) is 0.0558. The Morgan fingerprint density at radius 1 is 1.50 bits per heavy atom. The highest BCUT2D eigenvalue weighted by Gasteiger charge is 2.24. The van der Waals surface area contributed by atoms with Crippen molar-refractivity contribution in [2.45, 2.75) is 25.2 Å². The first-order valence-electron chi connectivity index (χ1n) is 6.05. The number of oxime groups is 1. The van der Waals surface area contributed by atoms with Crippen LogP contribution in [0.5, 0.6) is 0 Å². The Labute approximate surface area is 117 Å². The van der Waals surface area contributed by atoms with Crippen molar-refractivity contribution >= 4 is 15.9 Å². The van der Waals surface area contributed by atoms with Crippen molar-refractivity contribution in [2.75, 3.05) is 13.1 Å². The number of amidine groups is 1. The van der Waals surface area contributed by atoms with E-state index in [0.717, 1.165) is 6.07 Å². The number of halogens is 1. The molecular formula is C12H18FN3O3S. The molecule has 0 aliphatic heterocycles. The first kappa shape index (κ1) is 16.4. The lowest BCUT2D eigenvalue weighted by atomic mass is 10.2. The van der Waals surface area contributed by atoms with Crippen LogP contribution in [0, 0.1) is 12.7 Å². The zero-order chi connectivity index (χ0) is 15.3. The number of sulfonamides is 1. The molecule has 1 aromatic carbocycles. The smallest absolute Gasteiger partial charge is 0.243 e. The maximum absolute atomic E-state index is 13.0. The molecule has 0 saturated carbocycles. The van der Waals surface area contributed by atoms with Crippen LogP contribution in [0.2, 0.25) is 0 Å². The van der Waals surface area contributed by atoms with Crippen molar-refractivity contribution in [1.82, 2.24) is 4.31 Å². The SMILES string of the molecule is CCN(CCC(N)=NO)S(=O)(=O)c1ccc(F)cc1C. The highest BCUT2D eigenvalue weighted by Crippen LogP contribution is 2.20. The zero-order valence-electron chi connectivity index (χ0n) is 11.4. The molecule has 0 atom stereocenters. The molecule has 112 valence electrons. The summed E-state index contributed by atoms with van der Waals surface area (Å²) < 4.78 is 39.2. The van der Waals surface area contributed by atoms with Crippen LogP contribution in [0.15, 0.2) is 28.3 Å². The lowest BCUT2D eigenvalue weighted by molar-refractivity contribution is 0.315. The third-order valence-corrected chi connectivity index (χ3v) is 4.99. The maximum Gasteiger partial charge on any atom is 0.243 e. The van der Waals surface area contributed by atoms with Gasteiger partial charge >= 0.3 is 0 Å². The Morgan fingerprint density at radius 2 is 2.15 bits per heavy atom. The molecule has 3 N–H and O–H groups in total. The second-order valence-electron chi connectivity index (χ2n) is 4.25. The van der Waals surface area contributed by atoms with Crippen LogP contribution in [-0.2, 0) is 10.0 Å². The number of aryl methyl sites for hydroxylation is 1. The third-order valence-electron chi connectivity index (χ3n) is 2.85. The highest BCUT2D eigenvalue weighted by molar-refractivity contribution is 7.89. The molecule has 1 rings (SSSR count). The Morgan fingerprint density at radius 3 is 2.65 bits per heavy atom. The Hall–Kier alpha value is -1.67. The summed E-state index contributed by atoms with van der Waals surface area (Å²) in [7, 11) is -3.73. The van der Waals surface area contributed by atoms with Crippen molar-refractivity contribution < 1.29 is 18.0 Å². The van der Waals surface area contributed by atoms with Crippen LogP contribution in [0.3, 0.4) is 0 Å². The molecule has 1 aromatic rings. The minimum Gasteiger partial charge on any atom is -0.409 e. The van der Waals surface area contributed by atoms with E-state index in [0.29, 0.717) is 5.56 Å². The maximum atomic E-state index is 13.0. The van der Waals surface area contributed by atoms with Crippen molar-refractivity contribution in [1.29, 1.82) is 0 Å². The first-order chi connectivity index (χ1) is 9.32. The van der Waals surface area contributed by atoms with Gasteiger partial charge in [-0.1, -0.05) is 12.1 Å². The van der Waals surface area contributed by atoms with Gasteiger partial charge in [-0.3, -0.25) is 0 Å². The predicted octanol–water partition coefficient (Wildman–Crippen LogP) is 1.28. The van der Waals surface area contributed by atoms with Crippen LogP contribution >= 0.6 is 0 Å². The van der Waals surface area contributed by atoms with Crippen molar-refractivity contribution in [3.8, 4) is 0 Å². The lowest BCUT2D eigenvalue weighted by Crippen LogP contribution is -2.34. The molecule has 0 radical (unpaired) electrons. The van der Waals surface area contributed by atoms with E-state index in [1.54, 1.807) is 6.92 Å². The normalized spacial score (nSPS) is 12.9. The van der Waals surface area contributed by atoms with Crippen LogP contribution in [0.1, 0.15) is 18.9 Å². The van der Waals surface area contributed by atoms with Crippen LogP contribution < -0.4 is 5.73 Å². The molecule has 0 aliphatic rings. The van der Waals surface area contributed by atoms with E-state index in [4.69, 9.17) is 10.9 Å². The molecule has 0 spiro atoms. The van der Waals surface area contributed by atoms with Crippen molar-refractivity contribution in [2.24, 2.45) is 10.9 Å². The number of rotatable bonds is 6. The predicted molar refractivity (Wildman–Crippen MR) is 73.6 cm³/mol. The van der Waals surface area contributed by atoms with Gasteiger partial charge in [-0.05, 0) is 30.7 Å². The number of nitrogens with two attached hydrogens (primary N) is 1. The summed E-state index contributed by atoms with van der Waals surface area (Å²) >= 11 is 0. The van der Waals surface area contributed by atoms with Gasteiger partial charge in [0.25, 0.3) is 0 Å². The first-order valence-corrected chi connectivity index (χ1v) is 7.49. The van der Waals surface area contributed by atoms with Gasteiger partial charge in [0, 0.05) is 19.5 Å². The van der Waals surface area contributed by atoms with E-state index in [1.807, 2.05) is 0 Å². The van der Waals surface area contributed by atoms with Crippen molar-refractivity contribution in [3.63, 3.8) is 0 Å². The van der Waals surface area contributed by atoms with E-state index in [9.17, 15) is 12.8 Å². The fourth-order valence-electron chi connectivity index (χ4n) is 1.78. The molecule has 0 fully saturated rings. The van der Waals surface area contributed by atoms with E-state index in [1.165, 1.54) is 23.4 Å². The Balaban J connectivity index is 3.06. The van der Waals surface area contributed by atoms with Crippen molar-refractivity contribution in [3.05, 3.63) is 29.6 Å². The average molecular weight is 303 g/mol. The summed E-state index contributed by atoms with van der Waals surface area (Å²) in [6.07, 6.45) is 0.115. The lowest BCUT2D eigenvalue weighted by Gasteiger charge is -2.21. The van der Waals surface area contributed by atoms with Gasteiger partial charge in [0.2, 0.25) is 10.0 Å². The van der Waals surface area contributed by atoms with Crippen LogP contribution in [0.25, 0.3) is 0 Å². The standard InChI is InChI=1S/C12H18FN3O3S/c1-3-16(7-6-12(14)15-17)20(18,19)11-5-4-10(13)8-9(11)2/h4-5,8,17H,3,6-7H2,1-2H3,(H2,14,15). The van der Waals surface area contributed by atoms with E-state index in [2.05, 4.69) is 5.16 Å². The topological polar surface area (TPSA) is 96.0 Å². The second kappa shape index (κ2) is 6.67. The molecule has 0 unspecified atom stereocenters. The van der Waals surface area contributed by atoms with E-state index < -0.39 is 15.8 Å². The van der Waals surface area contributed by atoms with E-state index in [-0.39, 0.29) is 30.2 Å². The fraction of sp³-hybridized carbons (Fsp3) is 0.417. The molecule has 0 bridgehead atoms. The average Bonchev–Trinajstić information content (AvgIpc) is 2.38. The third kappa shape index (κ3) is 3.67. The summed E-state index contributed by atoms with van der Waals surface area (Å²) in [6.45, 7) is 3.54. The fourth-order valence-corrected chi connectivity index (χ4v) is 3.43. The largest absolute Gasteiger partial charge is 0.409 e. The van der Waals surface area contributed by atoms with Crippen LogP contribution in [-0.4, -0.2) is 36.9 Å². The number of nitrogens with zero attached hydrogens (tertiary/aromatic N) is 2. The summed E-state index contributed by atoms with van der Waals surface area (Å²) in [6, 6.07) is 3.52. The minimum absolute atomic E-state index is 0.0468. The van der Waals surface area contributed by atoms with Gasteiger partial charge in [0.05, 0.1) is 4.90 Å². The number of hydrogen-bond donors (Lipinski definition) is 2. The van der Waals surface area contributed by atoms with Gasteiger partial charge in [-0.2, -0.15) is 4.31 Å². The molecular weight excluding hydrogens is 285 g/mol. The highest BCUT2D eigenvalue weighted by atomic mass is 32.2. The minimum atomic E-state index is -3.73. The zero-order valence-corrected chi connectivity index (χ0v) is 12.2. The molecule has 6 nitrogen and oxygen atoms in total. The summed E-state index contributed by atoms with van der Waals surface area (Å²) in [5.41, 5.74) is 5.68. The van der Waals surface area contributed by atoms with Crippen LogP contribution in [0.4, 0.5) is 4.39 Å². The van der Waals surface area contributed by atoms with E-state index >= 15 is 0 Å². The van der Waals surface area contributed by atoms with Gasteiger partial charge < -0.3 is 10.9 Å². The Kier molecular flexibility index (Phi) is 5.46.